The molecule has 0 aliphatic carbocycles. The maximum Gasteiger partial charge on any atom is 0.417 e. The Morgan fingerprint density at radius 1 is 1.13 bits per heavy atom. The van der Waals surface area contributed by atoms with E-state index in [-0.39, 0.29) is 12.3 Å². The third kappa shape index (κ3) is 5.27. The number of benzene rings is 1. The molecule has 2 N–H and O–H groups in total. The molecule has 1 fully saturated rings. The summed E-state index contributed by atoms with van der Waals surface area (Å²) in [4.78, 5) is 20.2. The quantitative estimate of drug-likeness (QED) is 0.710. The summed E-state index contributed by atoms with van der Waals surface area (Å²) in [6.07, 6.45) is -2.50. The molecule has 3 rings (SSSR count). The number of carbonyl (C=O) groups is 1. The number of pyridine rings is 1. The average molecular weight is 463 g/mol. The van der Waals surface area contributed by atoms with E-state index in [1.807, 2.05) is 4.90 Å². The molecule has 1 aromatic carbocycles. The first-order chi connectivity index (χ1) is 14.2. The third-order valence-electron chi connectivity index (χ3n) is 4.67. The van der Waals surface area contributed by atoms with Gasteiger partial charge in [-0.1, -0.05) is 23.2 Å². The van der Waals surface area contributed by atoms with Crippen LogP contribution in [0.1, 0.15) is 11.1 Å². The van der Waals surface area contributed by atoms with Crippen LogP contribution in [-0.2, 0) is 12.6 Å². The molecule has 162 valence electrons. The Morgan fingerprint density at radius 2 is 1.83 bits per heavy atom. The minimum atomic E-state index is -4.61. The number of aliphatic hydroxyl groups excluding tert-OH is 1. The monoisotopic (exact) mass is 462 g/mol. The van der Waals surface area contributed by atoms with Gasteiger partial charge in [-0.15, -0.1) is 0 Å². The lowest BCUT2D eigenvalue weighted by atomic mass is 10.2. The molecule has 30 heavy (non-hydrogen) atoms. The van der Waals surface area contributed by atoms with E-state index in [0.717, 1.165) is 17.7 Å². The Morgan fingerprint density at radius 3 is 2.43 bits per heavy atom. The molecule has 1 aliphatic rings. The maximum absolute atomic E-state index is 13.0. The molecular weight excluding hydrogens is 444 g/mol. The fourth-order valence-electron chi connectivity index (χ4n) is 3.11. The van der Waals surface area contributed by atoms with Crippen LogP contribution < -0.4 is 10.2 Å². The van der Waals surface area contributed by atoms with E-state index < -0.39 is 22.8 Å². The SMILES string of the molecule is O=C(Nc1ccc(Cl)c(C(F)(F)F)c1)N1CCN(c2ncc(CCO)cc2Cl)CC1. The number of nitrogens with one attached hydrogen (secondary N) is 1. The van der Waals surface area contributed by atoms with Crippen LogP contribution >= 0.6 is 23.2 Å². The van der Waals surface area contributed by atoms with E-state index in [0.29, 0.717) is 43.4 Å². The number of amides is 2. The summed E-state index contributed by atoms with van der Waals surface area (Å²) in [5, 5.41) is 11.5. The van der Waals surface area contributed by atoms with Crippen molar-refractivity contribution >= 4 is 40.7 Å². The number of hydrogen-bond acceptors (Lipinski definition) is 4. The number of hydrogen-bond donors (Lipinski definition) is 2. The Hall–Kier alpha value is -2.23. The zero-order valence-corrected chi connectivity index (χ0v) is 17.2. The first-order valence-corrected chi connectivity index (χ1v) is 9.87. The van der Waals surface area contributed by atoms with Gasteiger partial charge in [0.25, 0.3) is 0 Å². The van der Waals surface area contributed by atoms with Crippen LogP contribution in [0.3, 0.4) is 0 Å². The maximum atomic E-state index is 13.0. The molecular formula is C19H19Cl2F3N4O2. The molecule has 0 unspecified atom stereocenters. The second-order valence-electron chi connectivity index (χ2n) is 6.72. The zero-order valence-electron chi connectivity index (χ0n) is 15.7. The lowest BCUT2D eigenvalue weighted by Crippen LogP contribution is -2.50. The van der Waals surface area contributed by atoms with Crippen LogP contribution in [0.15, 0.2) is 30.5 Å². The van der Waals surface area contributed by atoms with Crippen molar-refractivity contribution in [1.82, 2.24) is 9.88 Å². The van der Waals surface area contributed by atoms with Crippen LogP contribution in [0.4, 0.5) is 29.5 Å². The fraction of sp³-hybridized carbons (Fsp3) is 0.368. The van der Waals surface area contributed by atoms with Crippen molar-refractivity contribution in [2.75, 3.05) is 43.0 Å². The Balaban J connectivity index is 1.61. The first-order valence-electron chi connectivity index (χ1n) is 9.12. The number of halogens is 5. The van der Waals surface area contributed by atoms with Gasteiger partial charge in [0.1, 0.15) is 5.82 Å². The molecule has 2 aromatic rings. The number of carbonyl (C=O) groups excluding carboxylic acids is 1. The number of anilines is 2. The van der Waals surface area contributed by atoms with Crippen molar-refractivity contribution in [3.8, 4) is 0 Å². The molecule has 1 aromatic heterocycles. The molecule has 0 atom stereocenters. The average Bonchev–Trinajstić information content (AvgIpc) is 2.69. The summed E-state index contributed by atoms with van der Waals surface area (Å²) in [6, 6.07) is 4.49. The van der Waals surface area contributed by atoms with E-state index in [1.54, 1.807) is 12.3 Å². The van der Waals surface area contributed by atoms with Crippen molar-refractivity contribution in [2.24, 2.45) is 0 Å². The highest BCUT2D eigenvalue weighted by Crippen LogP contribution is 2.36. The highest BCUT2D eigenvalue weighted by Gasteiger charge is 2.33. The smallest absolute Gasteiger partial charge is 0.396 e. The highest BCUT2D eigenvalue weighted by molar-refractivity contribution is 6.33. The number of alkyl halides is 3. The van der Waals surface area contributed by atoms with E-state index >= 15 is 0 Å². The fourth-order valence-corrected chi connectivity index (χ4v) is 3.65. The van der Waals surface area contributed by atoms with E-state index in [4.69, 9.17) is 28.3 Å². The molecule has 0 radical (unpaired) electrons. The largest absolute Gasteiger partial charge is 0.417 e. The number of urea groups is 1. The van der Waals surface area contributed by atoms with E-state index in [2.05, 4.69) is 10.3 Å². The predicted molar refractivity (Wildman–Crippen MR) is 109 cm³/mol. The van der Waals surface area contributed by atoms with Gasteiger partial charge in [0.2, 0.25) is 0 Å². The second-order valence-corrected chi connectivity index (χ2v) is 7.53. The van der Waals surface area contributed by atoms with Gasteiger partial charge in [-0.25, -0.2) is 9.78 Å². The second kappa shape index (κ2) is 9.28. The van der Waals surface area contributed by atoms with Gasteiger partial charge in [-0.05, 0) is 36.2 Å². The lowest BCUT2D eigenvalue weighted by Gasteiger charge is -2.35. The summed E-state index contributed by atoms with van der Waals surface area (Å²) in [6.45, 7) is 1.63. The summed E-state index contributed by atoms with van der Waals surface area (Å²) in [5.74, 6) is 0.589. The van der Waals surface area contributed by atoms with E-state index in [9.17, 15) is 18.0 Å². The van der Waals surface area contributed by atoms with Crippen LogP contribution in [0.25, 0.3) is 0 Å². The van der Waals surface area contributed by atoms with Crippen molar-refractivity contribution < 1.29 is 23.1 Å². The number of nitrogens with zero attached hydrogens (tertiary/aromatic N) is 3. The molecule has 0 saturated carbocycles. The summed E-state index contributed by atoms with van der Waals surface area (Å²) in [7, 11) is 0. The van der Waals surface area contributed by atoms with Gasteiger partial charge in [-0.2, -0.15) is 13.2 Å². The lowest BCUT2D eigenvalue weighted by molar-refractivity contribution is -0.137. The number of aromatic nitrogens is 1. The molecule has 6 nitrogen and oxygen atoms in total. The van der Waals surface area contributed by atoms with Gasteiger partial charge in [0, 0.05) is 44.7 Å². The Labute approximate surface area is 181 Å². The van der Waals surface area contributed by atoms with Gasteiger partial charge in [0.05, 0.1) is 15.6 Å². The van der Waals surface area contributed by atoms with Crippen molar-refractivity contribution in [3.05, 3.63) is 51.6 Å². The minimum Gasteiger partial charge on any atom is -0.396 e. The summed E-state index contributed by atoms with van der Waals surface area (Å²) >= 11 is 11.9. The zero-order chi connectivity index (χ0) is 21.9. The van der Waals surface area contributed by atoms with Crippen molar-refractivity contribution in [3.63, 3.8) is 0 Å². The van der Waals surface area contributed by atoms with Crippen LogP contribution in [0.5, 0.6) is 0 Å². The van der Waals surface area contributed by atoms with E-state index in [1.165, 1.54) is 11.0 Å². The molecule has 1 aliphatic heterocycles. The van der Waals surface area contributed by atoms with Crippen LogP contribution in [-0.4, -0.2) is 53.8 Å². The summed E-state index contributed by atoms with van der Waals surface area (Å²) in [5.41, 5.74) is -0.161. The molecule has 0 spiro atoms. The number of aliphatic hydroxyl groups is 1. The minimum absolute atomic E-state index is 0.00320. The Bertz CT molecular complexity index is 919. The number of rotatable bonds is 4. The third-order valence-corrected chi connectivity index (χ3v) is 5.28. The summed E-state index contributed by atoms with van der Waals surface area (Å²) < 4.78 is 39.0. The molecule has 1 saturated heterocycles. The van der Waals surface area contributed by atoms with Crippen LogP contribution in [0, 0.1) is 0 Å². The predicted octanol–water partition coefficient (Wildman–Crippen LogP) is 4.30. The Kier molecular flexibility index (Phi) is 6.95. The standard InChI is InChI=1S/C19H19Cl2F3N4O2/c20-15-2-1-13(10-14(15)19(22,23)24)26-18(30)28-6-4-27(5-7-28)17-16(21)9-12(3-8-29)11-25-17/h1-2,9-11,29H,3-8H2,(H,26,30). The number of piperazine rings is 1. The van der Waals surface area contributed by atoms with Gasteiger partial charge in [-0.3, -0.25) is 0 Å². The topological polar surface area (TPSA) is 68.7 Å². The highest BCUT2D eigenvalue weighted by atomic mass is 35.5. The molecule has 11 heteroatoms. The van der Waals surface area contributed by atoms with Crippen LogP contribution in [0.2, 0.25) is 10.0 Å². The molecule has 2 heterocycles. The molecule has 0 bridgehead atoms. The van der Waals surface area contributed by atoms with Gasteiger partial charge < -0.3 is 20.2 Å². The van der Waals surface area contributed by atoms with Crippen molar-refractivity contribution in [2.45, 2.75) is 12.6 Å². The van der Waals surface area contributed by atoms with Gasteiger partial charge >= 0.3 is 12.2 Å². The van der Waals surface area contributed by atoms with Crippen molar-refractivity contribution in [1.29, 1.82) is 0 Å². The normalized spacial score (nSPS) is 14.7. The first kappa shape index (κ1) is 22.5. The molecule has 2 amide bonds. The van der Waals surface area contributed by atoms with Gasteiger partial charge in [0.15, 0.2) is 0 Å².